The maximum atomic E-state index is 12.9. The Labute approximate surface area is 186 Å². The number of piperazine rings is 1. The molecule has 0 saturated carbocycles. The largest absolute Gasteiger partial charge is 0.488 e. The van der Waals surface area contributed by atoms with Crippen LogP contribution in [-0.2, 0) is 6.61 Å². The number of hydrogen-bond donors (Lipinski definition) is 1. The van der Waals surface area contributed by atoms with Crippen molar-refractivity contribution in [2.75, 3.05) is 31.5 Å². The van der Waals surface area contributed by atoms with Gasteiger partial charge in [-0.05, 0) is 54.3 Å². The first-order chi connectivity index (χ1) is 15.1. The highest BCUT2D eigenvalue weighted by Gasteiger charge is 2.25. The number of aryl methyl sites for hydroxylation is 1. The Balaban J connectivity index is 1.30. The maximum absolute atomic E-state index is 12.9. The van der Waals surface area contributed by atoms with Gasteiger partial charge < -0.3 is 19.9 Å². The zero-order valence-corrected chi connectivity index (χ0v) is 18.2. The molecule has 0 spiro atoms. The molecule has 0 atom stereocenters. The number of carbonyl (C=O) groups excluding carboxylic acids is 2. The lowest BCUT2D eigenvalue weighted by molar-refractivity contribution is 0.0671. The van der Waals surface area contributed by atoms with Crippen molar-refractivity contribution in [3.05, 3.63) is 82.0 Å². The average Bonchev–Trinajstić information content (AvgIpc) is 3.31. The molecule has 1 aliphatic heterocycles. The van der Waals surface area contributed by atoms with Crippen LogP contribution in [0, 0.1) is 6.92 Å². The molecule has 1 aromatic heterocycles. The lowest BCUT2D eigenvalue weighted by atomic mass is 10.1. The molecule has 160 valence electrons. The number of hydrogen-bond acceptors (Lipinski definition) is 4. The van der Waals surface area contributed by atoms with Gasteiger partial charge in [-0.2, -0.15) is 0 Å². The highest BCUT2D eigenvalue weighted by molar-refractivity contribution is 7.09. The molecule has 31 heavy (non-hydrogen) atoms. The summed E-state index contributed by atoms with van der Waals surface area (Å²) in [6.45, 7) is 4.48. The summed E-state index contributed by atoms with van der Waals surface area (Å²) in [4.78, 5) is 30.1. The van der Waals surface area contributed by atoms with Crippen molar-refractivity contribution >= 4 is 29.0 Å². The summed E-state index contributed by atoms with van der Waals surface area (Å²) in [5, 5.41) is 4.94. The first-order valence-electron chi connectivity index (χ1n) is 10.3. The van der Waals surface area contributed by atoms with Gasteiger partial charge in [0.2, 0.25) is 0 Å². The number of nitrogens with one attached hydrogen (secondary N) is 1. The fraction of sp³-hybridized carbons (Fsp3) is 0.250. The maximum Gasteiger partial charge on any atom is 0.321 e. The van der Waals surface area contributed by atoms with Crippen LogP contribution in [0.1, 0.15) is 20.8 Å². The number of carbonyl (C=O) groups is 2. The van der Waals surface area contributed by atoms with Crippen molar-refractivity contribution in [1.29, 1.82) is 0 Å². The molecule has 4 rings (SSSR count). The molecule has 3 amide bonds. The van der Waals surface area contributed by atoms with Crippen molar-refractivity contribution in [2.24, 2.45) is 0 Å². The second-order valence-electron chi connectivity index (χ2n) is 7.47. The molecule has 1 N–H and O–H groups in total. The number of benzene rings is 2. The van der Waals surface area contributed by atoms with Crippen LogP contribution in [0.2, 0.25) is 0 Å². The fourth-order valence-electron chi connectivity index (χ4n) is 3.49. The Morgan fingerprint density at radius 2 is 1.74 bits per heavy atom. The van der Waals surface area contributed by atoms with E-state index in [0.717, 1.165) is 16.1 Å². The second-order valence-corrected chi connectivity index (χ2v) is 8.51. The Hall–Kier alpha value is -3.32. The van der Waals surface area contributed by atoms with Crippen LogP contribution in [0.3, 0.4) is 0 Å². The third-order valence-corrected chi connectivity index (χ3v) is 6.02. The zero-order valence-electron chi connectivity index (χ0n) is 17.4. The van der Waals surface area contributed by atoms with E-state index in [2.05, 4.69) is 5.32 Å². The number of ether oxygens (including phenoxy) is 1. The minimum atomic E-state index is -0.137. The lowest BCUT2D eigenvalue weighted by Gasteiger charge is -2.34. The third kappa shape index (κ3) is 5.44. The minimum absolute atomic E-state index is 0.0414. The van der Waals surface area contributed by atoms with Gasteiger partial charge in [0.05, 0.1) is 0 Å². The summed E-state index contributed by atoms with van der Waals surface area (Å²) in [5.74, 6) is 0.635. The van der Waals surface area contributed by atoms with Gasteiger partial charge in [0, 0.05) is 42.3 Å². The highest BCUT2D eigenvalue weighted by atomic mass is 32.1. The summed E-state index contributed by atoms with van der Waals surface area (Å²) < 4.78 is 5.82. The third-order valence-electron chi connectivity index (χ3n) is 5.17. The van der Waals surface area contributed by atoms with E-state index in [0.29, 0.717) is 44.1 Å². The molecule has 7 heteroatoms. The average molecular weight is 436 g/mol. The molecule has 0 aliphatic carbocycles. The smallest absolute Gasteiger partial charge is 0.321 e. The van der Waals surface area contributed by atoms with Gasteiger partial charge in [0.1, 0.15) is 12.4 Å². The van der Waals surface area contributed by atoms with E-state index in [1.165, 1.54) is 0 Å². The van der Waals surface area contributed by atoms with E-state index >= 15 is 0 Å². The van der Waals surface area contributed by atoms with E-state index in [4.69, 9.17) is 4.74 Å². The Morgan fingerprint density at radius 1 is 0.968 bits per heavy atom. The van der Waals surface area contributed by atoms with Crippen LogP contribution in [0.5, 0.6) is 5.75 Å². The first kappa shape index (κ1) is 20.9. The summed E-state index contributed by atoms with van der Waals surface area (Å²) in [7, 11) is 0. The van der Waals surface area contributed by atoms with Crippen LogP contribution < -0.4 is 10.1 Å². The van der Waals surface area contributed by atoms with Crippen LogP contribution in [-0.4, -0.2) is 47.9 Å². The molecule has 1 aliphatic rings. The van der Waals surface area contributed by atoms with Gasteiger partial charge >= 0.3 is 6.03 Å². The molecule has 0 bridgehead atoms. The summed E-state index contributed by atoms with van der Waals surface area (Å²) in [5.41, 5.74) is 2.47. The van der Waals surface area contributed by atoms with Crippen molar-refractivity contribution in [2.45, 2.75) is 13.5 Å². The summed E-state index contributed by atoms with van der Waals surface area (Å²) in [6.07, 6.45) is 0. The molecule has 3 aromatic rings. The van der Waals surface area contributed by atoms with E-state index in [1.54, 1.807) is 33.3 Å². The van der Waals surface area contributed by atoms with Crippen molar-refractivity contribution in [3.63, 3.8) is 0 Å². The number of amides is 3. The summed E-state index contributed by atoms with van der Waals surface area (Å²) >= 11 is 1.64. The van der Waals surface area contributed by atoms with Crippen molar-refractivity contribution < 1.29 is 14.3 Å². The van der Waals surface area contributed by atoms with Crippen LogP contribution in [0.4, 0.5) is 10.5 Å². The predicted molar refractivity (Wildman–Crippen MR) is 123 cm³/mol. The SMILES string of the molecule is Cc1cccc(NC(=O)N2CCN(C(=O)c3cccc(OCc4cccs4)c3)CC2)c1. The first-order valence-corrected chi connectivity index (χ1v) is 11.1. The molecule has 6 nitrogen and oxygen atoms in total. The van der Waals surface area contributed by atoms with E-state index in [9.17, 15) is 9.59 Å². The molecule has 0 unspecified atom stereocenters. The lowest BCUT2D eigenvalue weighted by Crippen LogP contribution is -2.51. The zero-order chi connectivity index (χ0) is 21.6. The Bertz CT molecular complexity index is 1040. The monoisotopic (exact) mass is 435 g/mol. The van der Waals surface area contributed by atoms with E-state index < -0.39 is 0 Å². The number of nitrogens with zero attached hydrogens (tertiary/aromatic N) is 2. The highest BCUT2D eigenvalue weighted by Crippen LogP contribution is 2.19. The predicted octanol–water partition coefficient (Wildman–Crippen LogP) is 4.63. The second kappa shape index (κ2) is 9.66. The standard InChI is InChI=1S/C24H25N3O3S/c1-18-5-2-7-20(15-18)25-24(29)27-12-10-26(11-13-27)23(28)19-6-3-8-21(16-19)30-17-22-9-4-14-31-22/h2-9,14-16H,10-13,17H2,1H3,(H,25,29). The van der Waals surface area contributed by atoms with Gasteiger partial charge in [0.15, 0.2) is 0 Å². The number of rotatable bonds is 5. The van der Waals surface area contributed by atoms with Gasteiger partial charge in [-0.1, -0.05) is 24.3 Å². The normalized spacial score (nSPS) is 13.7. The van der Waals surface area contributed by atoms with Gasteiger partial charge in [-0.3, -0.25) is 4.79 Å². The van der Waals surface area contributed by atoms with Crippen molar-refractivity contribution in [3.8, 4) is 5.75 Å². The number of thiophene rings is 1. The molecular formula is C24H25N3O3S. The van der Waals surface area contributed by atoms with Crippen LogP contribution in [0.15, 0.2) is 66.0 Å². The molecule has 0 radical (unpaired) electrons. The molecule has 2 heterocycles. The summed E-state index contributed by atoms with van der Waals surface area (Å²) in [6, 6.07) is 18.9. The minimum Gasteiger partial charge on any atom is -0.488 e. The van der Waals surface area contributed by atoms with Gasteiger partial charge in [-0.25, -0.2) is 4.79 Å². The van der Waals surface area contributed by atoms with Crippen LogP contribution >= 0.6 is 11.3 Å². The van der Waals surface area contributed by atoms with Crippen LogP contribution in [0.25, 0.3) is 0 Å². The number of urea groups is 1. The molecule has 1 saturated heterocycles. The molecule has 2 aromatic carbocycles. The fourth-order valence-corrected chi connectivity index (χ4v) is 4.10. The quantitative estimate of drug-likeness (QED) is 0.636. The van der Waals surface area contributed by atoms with Crippen molar-refractivity contribution in [1.82, 2.24) is 9.80 Å². The number of anilines is 1. The van der Waals surface area contributed by atoms with Gasteiger partial charge in [-0.15, -0.1) is 11.3 Å². The Kier molecular flexibility index (Phi) is 6.52. The topological polar surface area (TPSA) is 61.9 Å². The Morgan fingerprint density at radius 3 is 2.48 bits per heavy atom. The van der Waals surface area contributed by atoms with E-state index in [-0.39, 0.29) is 11.9 Å². The molecule has 1 fully saturated rings. The van der Waals surface area contributed by atoms with E-state index in [1.807, 2.05) is 60.8 Å². The molecular weight excluding hydrogens is 410 g/mol. The van der Waals surface area contributed by atoms with Gasteiger partial charge in [0.25, 0.3) is 5.91 Å².